The summed E-state index contributed by atoms with van der Waals surface area (Å²) in [6.07, 6.45) is 0. The van der Waals surface area contributed by atoms with Gasteiger partial charge in [-0.25, -0.2) is 9.07 Å². The molecule has 0 fully saturated rings. The number of halogens is 2. The Bertz CT molecular complexity index is 550. The third-order valence-corrected chi connectivity index (χ3v) is 3.03. The first-order valence-electron chi connectivity index (χ1n) is 5.17. The smallest absolute Gasteiger partial charge is 0.169 e. The summed E-state index contributed by atoms with van der Waals surface area (Å²) in [6.45, 7) is 4.01. The summed E-state index contributed by atoms with van der Waals surface area (Å²) >= 11 is 3.14. The van der Waals surface area contributed by atoms with E-state index in [0.717, 1.165) is 11.4 Å². The van der Waals surface area contributed by atoms with Gasteiger partial charge in [0, 0.05) is 0 Å². The Morgan fingerprint density at radius 2 is 2.12 bits per heavy atom. The molecule has 1 aromatic heterocycles. The molecule has 0 amide bonds. The zero-order chi connectivity index (χ0) is 12.6. The van der Waals surface area contributed by atoms with Gasteiger partial charge < -0.3 is 5.73 Å². The minimum atomic E-state index is -0.312. The molecule has 0 saturated heterocycles. The van der Waals surface area contributed by atoms with Gasteiger partial charge in [0.15, 0.2) is 5.82 Å². The molecule has 90 valence electrons. The Balaban J connectivity index is 2.56. The van der Waals surface area contributed by atoms with Gasteiger partial charge in [0.25, 0.3) is 0 Å². The predicted molar refractivity (Wildman–Crippen MR) is 67.5 cm³/mol. The highest BCUT2D eigenvalue weighted by atomic mass is 79.9. The van der Waals surface area contributed by atoms with E-state index in [0.29, 0.717) is 10.3 Å². The Morgan fingerprint density at radius 1 is 1.41 bits per heavy atom. The van der Waals surface area contributed by atoms with Crippen LogP contribution in [0.5, 0.6) is 0 Å². The van der Waals surface area contributed by atoms with Gasteiger partial charge in [-0.15, -0.1) is 5.10 Å². The van der Waals surface area contributed by atoms with Crippen LogP contribution in [-0.4, -0.2) is 15.0 Å². The lowest BCUT2D eigenvalue weighted by Crippen LogP contribution is -2.05. The summed E-state index contributed by atoms with van der Waals surface area (Å²) in [5.74, 6) is 0.280. The Hall–Kier alpha value is -1.43. The van der Waals surface area contributed by atoms with Crippen LogP contribution in [0, 0.1) is 5.82 Å². The summed E-state index contributed by atoms with van der Waals surface area (Å²) in [5.41, 5.74) is 7.32. The molecule has 0 bridgehead atoms. The number of nitrogen functional groups attached to an aromatic ring is 1. The fourth-order valence-corrected chi connectivity index (χ4v) is 2.02. The van der Waals surface area contributed by atoms with E-state index in [2.05, 4.69) is 26.2 Å². The van der Waals surface area contributed by atoms with Gasteiger partial charge in [0.05, 0.1) is 15.9 Å². The van der Waals surface area contributed by atoms with Crippen molar-refractivity contribution < 1.29 is 4.39 Å². The van der Waals surface area contributed by atoms with E-state index in [1.165, 1.54) is 6.07 Å². The summed E-state index contributed by atoms with van der Waals surface area (Å²) in [7, 11) is 0. The van der Waals surface area contributed by atoms with E-state index < -0.39 is 0 Å². The lowest BCUT2D eigenvalue weighted by atomic mass is 10.1. The van der Waals surface area contributed by atoms with Crippen LogP contribution < -0.4 is 5.73 Å². The molecule has 4 nitrogen and oxygen atoms in total. The molecule has 17 heavy (non-hydrogen) atoms. The van der Waals surface area contributed by atoms with Crippen LogP contribution in [0.2, 0.25) is 0 Å². The van der Waals surface area contributed by atoms with E-state index in [1.54, 1.807) is 16.8 Å². The lowest BCUT2D eigenvalue weighted by molar-refractivity contribution is 0.619. The number of hydrogen-bond acceptors (Lipinski definition) is 3. The number of aromatic nitrogens is 3. The maximum atomic E-state index is 13.2. The fourth-order valence-electron chi connectivity index (χ4n) is 1.65. The van der Waals surface area contributed by atoms with Crippen LogP contribution in [0.3, 0.4) is 0 Å². The highest BCUT2D eigenvalue weighted by Crippen LogP contribution is 2.25. The molecule has 0 aliphatic rings. The fraction of sp³-hybridized carbons (Fsp3) is 0.273. The topological polar surface area (TPSA) is 56.7 Å². The van der Waals surface area contributed by atoms with Crippen molar-refractivity contribution >= 4 is 21.7 Å². The van der Waals surface area contributed by atoms with Gasteiger partial charge in [0.2, 0.25) is 0 Å². The van der Waals surface area contributed by atoms with Crippen LogP contribution in [0.1, 0.15) is 25.5 Å². The average molecular weight is 299 g/mol. The number of benzene rings is 1. The van der Waals surface area contributed by atoms with E-state index in [4.69, 9.17) is 5.73 Å². The molecule has 1 aromatic carbocycles. The Labute approximate surface area is 107 Å². The summed E-state index contributed by atoms with van der Waals surface area (Å²) in [4.78, 5) is 0. The van der Waals surface area contributed by atoms with Crippen LogP contribution in [0.15, 0.2) is 22.7 Å². The molecule has 2 aromatic rings. The van der Waals surface area contributed by atoms with Crippen molar-refractivity contribution in [1.29, 1.82) is 0 Å². The molecule has 1 heterocycles. The van der Waals surface area contributed by atoms with E-state index in [1.807, 2.05) is 13.8 Å². The van der Waals surface area contributed by atoms with Crippen LogP contribution in [0.4, 0.5) is 10.2 Å². The second-order valence-electron chi connectivity index (χ2n) is 4.02. The van der Waals surface area contributed by atoms with Gasteiger partial charge in [-0.3, -0.25) is 0 Å². The van der Waals surface area contributed by atoms with E-state index in [-0.39, 0.29) is 11.7 Å². The molecule has 0 atom stereocenters. The van der Waals surface area contributed by atoms with Crippen molar-refractivity contribution in [2.45, 2.75) is 19.8 Å². The molecular weight excluding hydrogens is 287 g/mol. The second kappa shape index (κ2) is 4.44. The highest BCUT2D eigenvalue weighted by Gasteiger charge is 2.15. The number of nitrogens with two attached hydrogens (primary N) is 1. The normalized spacial score (nSPS) is 11.1. The van der Waals surface area contributed by atoms with Gasteiger partial charge in [0.1, 0.15) is 5.82 Å². The highest BCUT2D eigenvalue weighted by molar-refractivity contribution is 9.10. The van der Waals surface area contributed by atoms with Crippen molar-refractivity contribution in [3.63, 3.8) is 0 Å². The molecule has 2 rings (SSSR count). The molecular formula is C11H12BrFN4. The largest absolute Gasteiger partial charge is 0.381 e. The minimum absolute atomic E-state index is 0.189. The molecule has 0 aliphatic carbocycles. The van der Waals surface area contributed by atoms with E-state index in [9.17, 15) is 4.39 Å². The predicted octanol–water partition coefficient (Wildman–Crippen LogP) is 2.87. The van der Waals surface area contributed by atoms with Gasteiger partial charge >= 0.3 is 0 Å². The van der Waals surface area contributed by atoms with Crippen LogP contribution >= 0.6 is 15.9 Å². The Morgan fingerprint density at radius 3 is 2.71 bits per heavy atom. The average Bonchev–Trinajstić information content (AvgIpc) is 2.64. The lowest BCUT2D eigenvalue weighted by Gasteiger charge is -2.09. The summed E-state index contributed by atoms with van der Waals surface area (Å²) in [5, 5.41) is 7.82. The first kappa shape index (κ1) is 12.0. The molecule has 6 heteroatoms. The van der Waals surface area contributed by atoms with Crippen molar-refractivity contribution in [2.75, 3.05) is 5.73 Å². The molecule has 0 unspecified atom stereocenters. The van der Waals surface area contributed by atoms with Crippen molar-refractivity contribution in [1.82, 2.24) is 15.0 Å². The maximum absolute atomic E-state index is 13.2. The van der Waals surface area contributed by atoms with Gasteiger partial charge in [-0.05, 0) is 40.0 Å². The van der Waals surface area contributed by atoms with Crippen molar-refractivity contribution in [2.24, 2.45) is 0 Å². The second-order valence-corrected chi connectivity index (χ2v) is 4.88. The first-order chi connectivity index (χ1) is 8.00. The number of nitrogens with zero attached hydrogens (tertiary/aromatic N) is 3. The van der Waals surface area contributed by atoms with Crippen LogP contribution in [0.25, 0.3) is 5.69 Å². The maximum Gasteiger partial charge on any atom is 0.169 e. The SMILES string of the molecule is CC(C)c1c(N)nnn1-c1ccc(F)c(Br)c1. The minimum Gasteiger partial charge on any atom is -0.381 e. The number of hydrogen-bond donors (Lipinski definition) is 1. The van der Waals surface area contributed by atoms with Crippen molar-refractivity contribution in [3.8, 4) is 5.69 Å². The Kier molecular flexibility index (Phi) is 3.15. The van der Waals surface area contributed by atoms with Crippen LogP contribution in [-0.2, 0) is 0 Å². The quantitative estimate of drug-likeness (QED) is 0.927. The molecule has 0 aliphatic heterocycles. The van der Waals surface area contributed by atoms with Crippen molar-refractivity contribution in [3.05, 3.63) is 34.2 Å². The number of anilines is 1. The summed E-state index contributed by atoms with van der Waals surface area (Å²) in [6, 6.07) is 4.66. The molecule has 2 N–H and O–H groups in total. The zero-order valence-corrected chi connectivity index (χ0v) is 11.1. The van der Waals surface area contributed by atoms with Gasteiger partial charge in [-0.1, -0.05) is 19.1 Å². The summed E-state index contributed by atoms with van der Waals surface area (Å²) < 4.78 is 15.2. The first-order valence-corrected chi connectivity index (χ1v) is 5.96. The standard InChI is InChI=1S/C11H12BrFN4/c1-6(2)10-11(14)15-16-17(10)7-3-4-9(13)8(12)5-7/h3-6H,14H2,1-2H3. The van der Waals surface area contributed by atoms with E-state index >= 15 is 0 Å². The monoisotopic (exact) mass is 298 g/mol. The molecule has 0 saturated carbocycles. The number of rotatable bonds is 2. The third-order valence-electron chi connectivity index (χ3n) is 2.43. The van der Waals surface area contributed by atoms with Gasteiger partial charge in [-0.2, -0.15) is 0 Å². The zero-order valence-electron chi connectivity index (χ0n) is 9.48. The molecule has 0 radical (unpaired) electrons. The third kappa shape index (κ3) is 2.17. The molecule has 0 spiro atoms.